The molecule has 146 valence electrons. The van der Waals surface area contributed by atoms with E-state index in [1.807, 2.05) is 0 Å². The summed E-state index contributed by atoms with van der Waals surface area (Å²) in [5.74, 6) is 2.91. The fraction of sp³-hybridized carbons (Fsp3) is 0.739. The molecule has 3 heteroatoms. The first kappa shape index (κ1) is 19.7. The highest BCUT2D eigenvalue weighted by Crippen LogP contribution is 2.33. The quantitative estimate of drug-likeness (QED) is 0.726. The molecule has 2 aliphatic heterocycles. The summed E-state index contributed by atoms with van der Waals surface area (Å²) in [6, 6.07) is 9.40. The molecule has 0 radical (unpaired) electrons. The van der Waals surface area contributed by atoms with Crippen LogP contribution in [0.1, 0.15) is 58.9 Å². The monoisotopic (exact) mass is 358 g/mol. The normalized spacial score (nSPS) is 21.6. The summed E-state index contributed by atoms with van der Waals surface area (Å²) in [6.45, 7) is 15.1. The Morgan fingerprint density at radius 3 is 1.88 bits per heavy atom. The SMILES string of the molecule is CC(C)Oc1ccc(CN2CCC(C3CCN(C(C)C)CC3)CC2)cc1. The van der Waals surface area contributed by atoms with E-state index >= 15 is 0 Å². The maximum atomic E-state index is 5.75. The molecule has 2 heterocycles. The lowest BCUT2D eigenvalue weighted by Crippen LogP contribution is -2.42. The molecule has 0 saturated carbocycles. The predicted molar refractivity (Wildman–Crippen MR) is 110 cm³/mol. The molecule has 1 aromatic carbocycles. The zero-order valence-corrected chi connectivity index (χ0v) is 17.3. The molecule has 3 rings (SSSR count). The molecule has 26 heavy (non-hydrogen) atoms. The average Bonchev–Trinajstić information content (AvgIpc) is 2.64. The summed E-state index contributed by atoms with van der Waals surface area (Å²) in [4.78, 5) is 5.29. The summed E-state index contributed by atoms with van der Waals surface area (Å²) in [6.07, 6.45) is 5.86. The molecule has 2 aliphatic rings. The van der Waals surface area contributed by atoms with Gasteiger partial charge < -0.3 is 9.64 Å². The molecule has 0 atom stereocenters. The minimum absolute atomic E-state index is 0.243. The highest BCUT2D eigenvalue weighted by Gasteiger charge is 2.30. The number of rotatable bonds is 6. The second-order valence-corrected chi connectivity index (χ2v) is 8.89. The summed E-state index contributed by atoms with van der Waals surface area (Å²) >= 11 is 0. The van der Waals surface area contributed by atoms with E-state index in [4.69, 9.17) is 4.74 Å². The van der Waals surface area contributed by atoms with Crippen LogP contribution in [0, 0.1) is 11.8 Å². The average molecular weight is 359 g/mol. The van der Waals surface area contributed by atoms with Gasteiger partial charge in [0.25, 0.3) is 0 Å². The third-order valence-electron chi connectivity index (χ3n) is 6.30. The first-order valence-electron chi connectivity index (χ1n) is 10.7. The lowest BCUT2D eigenvalue weighted by molar-refractivity contribution is 0.0817. The van der Waals surface area contributed by atoms with E-state index < -0.39 is 0 Å². The number of hydrogen-bond acceptors (Lipinski definition) is 3. The van der Waals surface area contributed by atoms with Crippen molar-refractivity contribution < 1.29 is 4.74 Å². The highest BCUT2D eigenvalue weighted by atomic mass is 16.5. The van der Waals surface area contributed by atoms with Gasteiger partial charge in [-0.15, -0.1) is 0 Å². The lowest BCUT2D eigenvalue weighted by Gasteiger charge is -2.41. The van der Waals surface area contributed by atoms with Crippen LogP contribution < -0.4 is 4.74 Å². The fourth-order valence-corrected chi connectivity index (χ4v) is 4.69. The van der Waals surface area contributed by atoms with E-state index in [9.17, 15) is 0 Å². The van der Waals surface area contributed by atoms with Crippen molar-refractivity contribution in [2.45, 2.75) is 72.1 Å². The van der Waals surface area contributed by atoms with Crippen LogP contribution in [-0.4, -0.2) is 48.1 Å². The van der Waals surface area contributed by atoms with Gasteiger partial charge in [-0.05, 0) is 109 Å². The van der Waals surface area contributed by atoms with Crippen LogP contribution in [0.15, 0.2) is 24.3 Å². The summed E-state index contributed by atoms with van der Waals surface area (Å²) in [7, 11) is 0. The molecular weight excluding hydrogens is 320 g/mol. The first-order valence-corrected chi connectivity index (χ1v) is 10.7. The third kappa shape index (κ3) is 5.47. The molecule has 0 aromatic heterocycles. The van der Waals surface area contributed by atoms with Crippen molar-refractivity contribution in [3.63, 3.8) is 0 Å². The van der Waals surface area contributed by atoms with Crippen molar-refractivity contribution in [2.75, 3.05) is 26.2 Å². The highest BCUT2D eigenvalue weighted by molar-refractivity contribution is 5.27. The molecule has 3 nitrogen and oxygen atoms in total. The minimum Gasteiger partial charge on any atom is -0.491 e. The van der Waals surface area contributed by atoms with Gasteiger partial charge in [-0.25, -0.2) is 0 Å². The molecule has 1 aromatic rings. The van der Waals surface area contributed by atoms with Gasteiger partial charge >= 0.3 is 0 Å². The van der Waals surface area contributed by atoms with Gasteiger partial charge in [-0.3, -0.25) is 4.90 Å². The van der Waals surface area contributed by atoms with E-state index in [1.165, 1.54) is 57.4 Å². The zero-order chi connectivity index (χ0) is 18.5. The Morgan fingerprint density at radius 1 is 0.846 bits per heavy atom. The smallest absolute Gasteiger partial charge is 0.119 e. The Kier molecular flexibility index (Phi) is 6.99. The Morgan fingerprint density at radius 2 is 1.38 bits per heavy atom. The molecule has 0 amide bonds. The number of nitrogens with zero attached hydrogens (tertiary/aromatic N) is 2. The number of hydrogen-bond donors (Lipinski definition) is 0. The molecule has 2 fully saturated rings. The minimum atomic E-state index is 0.243. The van der Waals surface area contributed by atoms with Crippen molar-refractivity contribution in [3.8, 4) is 5.75 Å². The lowest BCUT2D eigenvalue weighted by atomic mass is 9.78. The van der Waals surface area contributed by atoms with Crippen molar-refractivity contribution in [3.05, 3.63) is 29.8 Å². The number of ether oxygens (including phenoxy) is 1. The maximum absolute atomic E-state index is 5.75. The van der Waals surface area contributed by atoms with E-state index in [0.717, 1.165) is 30.2 Å². The molecule has 0 unspecified atom stereocenters. The largest absolute Gasteiger partial charge is 0.491 e. The van der Waals surface area contributed by atoms with Gasteiger partial charge in [0.2, 0.25) is 0 Å². The number of piperidine rings is 2. The van der Waals surface area contributed by atoms with Crippen LogP contribution in [-0.2, 0) is 6.54 Å². The van der Waals surface area contributed by atoms with Crippen LogP contribution >= 0.6 is 0 Å². The van der Waals surface area contributed by atoms with Crippen LogP contribution in [0.25, 0.3) is 0 Å². The van der Waals surface area contributed by atoms with Crippen LogP contribution in [0.3, 0.4) is 0 Å². The van der Waals surface area contributed by atoms with Gasteiger partial charge in [-0.1, -0.05) is 12.1 Å². The van der Waals surface area contributed by atoms with Crippen molar-refractivity contribution in [2.24, 2.45) is 11.8 Å². The Labute approximate surface area is 160 Å². The summed E-state index contributed by atoms with van der Waals surface area (Å²) in [5, 5.41) is 0. The van der Waals surface area contributed by atoms with Crippen molar-refractivity contribution in [1.29, 1.82) is 0 Å². The molecule has 0 spiro atoms. The molecule has 0 N–H and O–H groups in total. The Bertz CT molecular complexity index is 524. The van der Waals surface area contributed by atoms with Gasteiger partial charge in [0.1, 0.15) is 5.75 Å². The van der Waals surface area contributed by atoms with Gasteiger partial charge in [0.15, 0.2) is 0 Å². The molecular formula is C23H38N2O. The van der Waals surface area contributed by atoms with Gasteiger partial charge in [-0.2, -0.15) is 0 Å². The first-order chi connectivity index (χ1) is 12.5. The van der Waals surface area contributed by atoms with E-state index in [0.29, 0.717) is 0 Å². The number of likely N-dealkylation sites (tertiary alicyclic amines) is 2. The van der Waals surface area contributed by atoms with Crippen molar-refractivity contribution in [1.82, 2.24) is 9.80 Å². The fourth-order valence-electron chi connectivity index (χ4n) is 4.69. The zero-order valence-electron chi connectivity index (χ0n) is 17.3. The van der Waals surface area contributed by atoms with E-state index in [-0.39, 0.29) is 6.10 Å². The number of benzene rings is 1. The van der Waals surface area contributed by atoms with Gasteiger partial charge in [0, 0.05) is 12.6 Å². The summed E-state index contributed by atoms with van der Waals surface area (Å²) in [5.41, 5.74) is 1.41. The van der Waals surface area contributed by atoms with E-state index in [2.05, 4.69) is 61.8 Å². The van der Waals surface area contributed by atoms with E-state index in [1.54, 1.807) is 0 Å². The van der Waals surface area contributed by atoms with Crippen molar-refractivity contribution >= 4 is 0 Å². The van der Waals surface area contributed by atoms with Crippen LogP contribution in [0.2, 0.25) is 0 Å². The van der Waals surface area contributed by atoms with Crippen LogP contribution in [0.4, 0.5) is 0 Å². The standard InChI is InChI=1S/C23H38N2O/c1-18(2)25-15-11-22(12-16-25)21-9-13-24(14-10-21)17-20-5-7-23(8-6-20)26-19(3)4/h5-8,18-19,21-22H,9-17H2,1-4H3. The van der Waals surface area contributed by atoms with Gasteiger partial charge in [0.05, 0.1) is 6.10 Å². The molecule has 2 saturated heterocycles. The molecule has 0 aliphatic carbocycles. The van der Waals surface area contributed by atoms with Crippen LogP contribution in [0.5, 0.6) is 5.75 Å². The predicted octanol–water partition coefficient (Wildman–Crippen LogP) is 4.81. The molecule has 0 bridgehead atoms. The maximum Gasteiger partial charge on any atom is 0.119 e. The topological polar surface area (TPSA) is 15.7 Å². The Balaban J connectivity index is 1.41. The Hall–Kier alpha value is -1.06. The third-order valence-corrected chi connectivity index (χ3v) is 6.30. The second-order valence-electron chi connectivity index (χ2n) is 8.89. The second kappa shape index (κ2) is 9.23. The summed E-state index contributed by atoms with van der Waals surface area (Å²) < 4.78 is 5.75.